The van der Waals surface area contributed by atoms with Crippen LogP contribution in [0.5, 0.6) is 5.75 Å². The number of nitrogens with zero attached hydrogens (tertiary/aromatic N) is 2. The first-order chi connectivity index (χ1) is 16.5. The Kier molecular flexibility index (Phi) is 7.44. The van der Waals surface area contributed by atoms with Crippen LogP contribution in [0.4, 0.5) is 4.79 Å². The van der Waals surface area contributed by atoms with Crippen molar-refractivity contribution in [3.05, 3.63) is 64.3 Å². The van der Waals surface area contributed by atoms with Crippen LogP contribution in [0, 0.1) is 0 Å². The summed E-state index contributed by atoms with van der Waals surface area (Å²) in [6, 6.07) is 13.1. The van der Waals surface area contributed by atoms with Crippen molar-refractivity contribution in [2.75, 3.05) is 40.0 Å². The fourth-order valence-electron chi connectivity index (χ4n) is 4.18. The van der Waals surface area contributed by atoms with Crippen LogP contribution in [0.25, 0.3) is 10.9 Å². The zero-order valence-corrected chi connectivity index (χ0v) is 19.7. The van der Waals surface area contributed by atoms with E-state index in [2.05, 4.69) is 9.98 Å². The lowest BCUT2D eigenvalue weighted by Crippen LogP contribution is -2.41. The van der Waals surface area contributed by atoms with Crippen LogP contribution in [0.15, 0.2) is 47.5 Å². The number of carbonyl (C=O) groups is 1. The molecule has 0 saturated heterocycles. The number of aliphatic imine (C=N–C) groups is 1. The molecule has 10 heteroatoms. The van der Waals surface area contributed by atoms with Crippen molar-refractivity contribution < 1.29 is 19.0 Å². The van der Waals surface area contributed by atoms with Gasteiger partial charge in [0, 0.05) is 35.3 Å². The van der Waals surface area contributed by atoms with Crippen molar-refractivity contribution in [3.63, 3.8) is 0 Å². The molecule has 1 aliphatic rings. The molecule has 0 fully saturated rings. The number of rotatable bonds is 8. The van der Waals surface area contributed by atoms with E-state index in [4.69, 9.17) is 37.3 Å². The third-order valence-corrected chi connectivity index (χ3v) is 5.92. The molecule has 4 rings (SSSR count). The predicted octanol–water partition coefficient (Wildman–Crippen LogP) is 3.20. The molecule has 2 heterocycles. The maximum Gasteiger partial charge on any atom is 0.410 e. The van der Waals surface area contributed by atoms with Gasteiger partial charge >= 0.3 is 6.09 Å². The Morgan fingerprint density at radius 2 is 1.97 bits per heavy atom. The average molecular weight is 486 g/mol. The minimum absolute atomic E-state index is 0.0316. The summed E-state index contributed by atoms with van der Waals surface area (Å²) in [6.45, 7) is 1.77. The van der Waals surface area contributed by atoms with Crippen LogP contribution < -0.4 is 16.2 Å². The highest BCUT2D eigenvalue weighted by atomic mass is 35.5. The lowest BCUT2D eigenvalue weighted by molar-refractivity contribution is 0.0629. The van der Waals surface area contributed by atoms with Gasteiger partial charge in [0.05, 0.1) is 13.2 Å². The van der Waals surface area contributed by atoms with E-state index in [0.717, 1.165) is 27.7 Å². The number of nitrogens with two attached hydrogens (primary N) is 2. The maximum atomic E-state index is 13.0. The number of ether oxygens (including phenoxy) is 3. The molecule has 0 aliphatic carbocycles. The second-order valence-corrected chi connectivity index (χ2v) is 8.32. The molecule has 0 bridgehead atoms. The number of H-pyrrole nitrogens is 1. The number of guanidine groups is 1. The third kappa shape index (κ3) is 5.21. The van der Waals surface area contributed by atoms with Gasteiger partial charge in [0.2, 0.25) is 0 Å². The quantitative estimate of drug-likeness (QED) is 0.255. The number of methoxy groups -OCH3 is 1. The fourth-order valence-corrected chi connectivity index (χ4v) is 4.36. The zero-order chi connectivity index (χ0) is 24.1. The van der Waals surface area contributed by atoms with Crippen LogP contribution in [0.2, 0.25) is 5.02 Å². The number of halogens is 1. The first kappa shape index (κ1) is 23.7. The molecule has 3 aromatic rings. The van der Waals surface area contributed by atoms with Crippen molar-refractivity contribution in [2.24, 2.45) is 16.5 Å². The molecule has 1 amide bonds. The molecule has 0 saturated carbocycles. The summed E-state index contributed by atoms with van der Waals surface area (Å²) in [5, 5.41) is 1.74. The largest absolute Gasteiger partial charge is 0.492 e. The SMILES string of the molecule is COCCOC(=O)N1CCc2c([nH]c3ccc(Cl)cc23)C1c1ccc(OCCN=C(N)N)cc1. The summed E-state index contributed by atoms with van der Waals surface area (Å²) in [7, 11) is 1.57. The second-order valence-electron chi connectivity index (χ2n) is 7.88. The van der Waals surface area contributed by atoms with Gasteiger partial charge in [0.25, 0.3) is 0 Å². The van der Waals surface area contributed by atoms with Crippen LogP contribution in [0.1, 0.15) is 22.9 Å². The van der Waals surface area contributed by atoms with E-state index in [9.17, 15) is 4.79 Å². The molecule has 0 spiro atoms. The Morgan fingerprint density at radius 3 is 2.71 bits per heavy atom. The molecule has 0 radical (unpaired) electrons. The van der Waals surface area contributed by atoms with E-state index in [1.165, 1.54) is 0 Å². The smallest absolute Gasteiger partial charge is 0.410 e. The summed E-state index contributed by atoms with van der Waals surface area (Å²) in [6.07, 6.45) is 0.305. The van der Waals surface area contributed by atoms with Gasteiger partial charge in [-0.15, -0.1) is 0 Å². The van der Waals surface area contributed by atoms with Gasteiger partial charge in [-0.3, -0.25) is 9.89 Å². The molecule has 1 atom stereocenters. The molecule has 1 aliphatic heterocycles. The summed E-state index contributed by atoms with van der Waals surface area (Å²) < 4.78 is 16.2. The van der Waals surface area contributed by atoms with Gasteiger partial charge < -0.3 is 30.7 Å². The van der Waals surface area contributed by atoms with Gasteiger partial charge in [-0.05, 0) is 47.9 Å². The molecular formula is C24H28ClN5O4. The Labute approximate surface area is 202 Å². The van der Waals surface area contributed by atoms with Crippen molar-refractivity contribution >= 4 is 34.6 Å². The first-order valence-corrected chi connectivity index (χ1v) is 11.4. The number of benzene rings is 2. The second kappa shape index (κ2) is 10.7. The monoisotopic (exact) mass is 485 g/mol. The lowest BCUT2D eigenvalue weighted by Gasteiger charge is -2.35. The van der Waals surface area contributed by atoms with E-state index in [0.29, 0.717) is 43.5 Å². The van der Waals surface area contributed by atoms with Crippen molar-refractivity contribution in [2.45, 2.75) is 12.5 Å². The molecule has 2 aromatic carbocycles. The number of hydrogen-bond acceptors (Lipinski definition) is 5. The standard InChI is InChI=1S/C24H28ClN5O4/c1-32-12-13-34-24(31)30-10-8-18-19-14-16(25)4-7-20(19)29-21(18)22(30)15-2-5-17(6-3-15)33-11-9-28-23(26)27/h2-7,14,22,29H,8-13H2,1H3,(H4,26,27,28). The zero-order valence-electron chi connectivity index (χ0n) is 18.9. The van der Waals surface area contributed by atoms with Crippen molar-refractivity contribution in [3.8, 4) is 5.75 Å². The predicted molar refractivity (Wildman–Crippen MR) is 131 cm³/mol. The van der Waals surface area contributed by atoms with Gasteiger partial charge in [0.15, 0.2) is 5.96 Å². The van der Waals surface area contributed by atoms with Crippen LogP contribution in [-0.4, -0.2) is 62.0 Å². The maximum absolute atomic E-state index is 13.0. The topological polar surface area (TPSA) is 128 Å². The number of aromatic amines is 1. The number of aromatic nitrogens is 1. The Balaban J connectivity index is 1.63. The van der Waals surface area contributed by atoms with E-state index in [1.807, 2.05) is 42.5 Å². The Bertz CT molecular complexity index is 1170. The number of hydrogen-bond donors (Lipinski definition) is 3. The summed E-state index contributed by atoms with van der Waals surface area (Å²) in [4.78, 5) is 22.1. The number of nitrogens with one attached hydrogen (secondary N) is 1. The highest BCUT2D eigenvalue weighted by Crippen LogP contribution is 2.39. The minimum Gasteiger partial charge on any atom is -0.492 e. The van der Waals surface area contributed by atoms with Gasteiger partial charge in [-0.1, -0.05) is 23.7 Å². The van der Waals surface area contributed by atoms with E-state index in [-0.39, 0.29) is 24.7 Å². The molecule has 5 N–H and O–H groups in total. The average Bonchev–Trinajstić information content (AvgIpc) is 3.19. The van der Waals surface area contributed by atoms with E-state index >= 15 is 0 Å². The van der Waals surface area contributed by atoms with Crippen LogP contribution >= 0.6 is 11.6 Å². The summed E-state index contributed by atoms with van der Waals surface area (Å²) in [5.41, 5.74) is 14.7. The molecule has 1 aromatic heterocycles. The van der Waals surface area contributed by atoms with Gasteiger partial charge in [-0.25, -0.2) is 4.79 Å². The third-order valence-electron chi connectivity index (χ3n) is 5.69. The minimum atomic E-state index is -0.387. The summed E-state index contributed by atoms with van der Waals surface area (Å²) in [5.74, 6) is 0.715. The molecule has 34 heavy (non-hydrogen) atoms. The molecule has 9 nitrogen and oxygen atoms in total. The fraction of sp³-hybridized carbons (Fsp3) is 0.333. The van der Waals surface area contributed by atoms with Crippen molar-refractivity contribution in [1.29, 1.82) is 0 Å². The molecular weight excluding hydrogens is 458 g/mol. The van der Waals surface area contributed by atoms with Gasteiger partial charge in [-0.2, -0.15) is 0 Å². The lowest BCUT2D eigenvalue weighted by atomic mass is 9.92. The summed E-state index contributed by atoms with van der Waals surface area (Å²) >= 11 is 6.26. The molecule has 1 unspecified atom stereocenters. The number of carbonyl (C=O) groups excluding carboxylic acids is 1. The van der Waals surface area contributed by atoms with Crippen LogP contribution in [-0.2, 0) is 15.9 Å². The Hall–Kier alpha value is -3.43. The van der Waals surface area contributed by atoms with Gasteiger partial charge in [0.1, 0.15) is 25.0 Å². The van der Waals surface area contributed by atoms with Crippen LogP contribution in [0.3, 0.4) is 0 Å². The van der Waals surface area contributed by atoms with E-state index in [1.54, 1.807) is 12.0 Å². The highest BCUT2D eigenvalue weighted by Gasteiger charge is 2.35. The normalized spacial score (nSPS) is 15.1. The number of fused-ring (bicyclic) bond motifs is 3. The number of amides is 1. The Morgan fingerprint density at radius 1 is 1.18 bits per heavy atom. The van der Waals surface area contributed by atoms with E-state index < -0.39 is 0 Å². The highest BCUT2D eigenvalue weighted by molar-refractivity contribution is 6.31. The molecule has 180 valence electrons. The first-order valence-electron chi connectivity index (χ1n) is 11.0. The van der Waals surface area contributed by atoms with Crippen molar-refractivity contribution in [1.82, 2.24) is 9.88 Å².